The lowest BCUT2D eigenvalue weighted by molar-refractivity contribution is -0.153. The highest BCUT2D eigenvalue weighted by atomic mass is 16.4. The molecular formula is C20H34O12. The zero-order chi connectivity index (χ0) is 26.6. The van der Waals surface area contributed by atoms with Crippen LogP contribution in [0.4, 0.5) is 0 Å². The van der Waals surface area contributed by atoms with Crippen molar-refractivity contribution in [3.63, 3.8) is 0 Å². The van der Waals surface area contributed by atoms with Crippen molar-refractivity contribution in [2.75, 3.05) is 0 Å². The minimum atomic E-state index is -1.16. The molecule has 0 aromatic heterocycles. The first kappa shape index (κ1) is 33.5. The van der Waals surface area contributed by atoms with E-state index in [0.717, 1.165) is 0 Å². The van der Waals surface area contributed by atoms with E-state index in [1.807, 2.05) is 0 Å². The van der Waals surface area contributed by atoms with Crippen molar-refractivity contribution < 1.29 is 59.4 Å². The Labute approximate surface area is 185 Å². The van der Waals surface area contributed by atoms with Crippen molar-refractivity contribution in [3.05, 3.63) is 0 Å². The van der Waals surface area contributed by atoms with E-state index in [4.69, 9.17) is 30.6 Å². The third-order valence-electron chi connectivity index (χ3n) is 5.06. The smallest absolute Gasteiger partial charge is 0.309 e. The lowest BCUT2D eigenvalue weighted by Gasteiger charge is -2.19. The van der Waals surface area contributed by atoms with Crippen molar-refractivity contribution in [3.8, 4) is 0 Å². The zero-order valence-corrected chi connectivity index (χ0v) is 19.2. The lowest BCUT2D eigenvalue weighted by atomic mass is 9.85. The third kappa shape index (κ3) is 13.9. The Morgan fingerprint density at radius 3 is 0.938 bits per heavy atom. The van der Waals surface area contributed by atoms with E-state index in [-0.39, 0.29) is 12.3 Å². The van der Waals surface area contributed by atoms with Crippen LogP contribution >= 0.6 is 0 Å². The van der Waals surface area contributed by atoms with E-state index in [1.54, 1.807) is 6.92 Å². The lowest BCUT2D eigenvalue weighted by Crippen LogP contribution is -2.28. The molecule has 0 aliphatic heterocycles. The number of aliphatic carboxylic acids is 6. The summed E-state index contributed by atoms with van der Waals surface area (Å²) < 4.78 is 0. The highest BCUT2D eigenvalue weighted by Crippen LogP contribution is 2.21. The molecule has 0 saturated carbocycles. The van der Waals surface area contributed by atoms with Gasteiger partial charge in [0.05, 0.1) is 35.5 Å². The highest BCUT2D eigenvalue weighted by Gasteiger charge is 2.30. The first-order chi connectivity index (χ1) is 14.2. The fraction of sp³-hybridized carbons (Fsp3) is 0.700. The molecule has 4 atom stereocenters. The summed E-state index contributed by atoms with van der Waals surface area (Å²) in [5.41, 5.74) is -1.16. The van der Waals surface area contributed by atoms with Crippen LogP contribution in [0.2, 0.25) is 0 Å². The maximum absolute atomic E-state index is 10.5. The summed E-state index contributed by atoms with van der Waals surface area (Å²) in [6.45, 7) is 10.2. The number of carbonyl (C=O) groups is 6. The van der Waals surface area contributed by atoms with Crippen molar-refractivity contribution >= 4 is 35.8 Å². The number of carboxylic acids is 6. The molecule has 0 fully saturated rings. The van der Waals surface area contributed by atoms with Gasteiger partial charge in [-0.25, -0.2) is 0 Å². The van der Waals surface area contributed by atoms with Crippen molar-refractivity contribution in [1.82, 2.24) is 0 Å². The highest BCUT2D eigenvalue weighted by molar-refractivity contribution is 5.80. The minimum Gasteiger partial charge on any atom is -0.481 e. The first-order valence-electron chi connectivity index (χ1n) is 9.56. The molecular weight excluding hydrogens is 432 g/mol. The average Bonchev–Trinajstić information content (AvgIpc) is 2.64. The number of carboxylic acid groups (broad SMARTS) is 6. The van der Waals surface area contributed by atoms with Crippen LogP contribution in [0.15, 0.2) is 0 Å². The van der Waals surface area contributed by atoms with Gasteiger partial charge in [-0.05, 0) is 19.8 Å². The van der Waals surface area contributed by atoms with Gasteiger partial charge >= 0.3 is 35.8 Å². The molecule has 0 radical (unpaired) electrons. The van der Waals surface area contributed by atoms with Crippen LogP contribution in [0.25, 0.3) is 0 Å². The van der Waals surface area contributed by atoms with Crippen LogP contribution in [0.3, 0.4) is 0 Å². The maximum atomic E-state index is 10.5. The van der Waals surface area contributed by atoms with Gasteiger partial charge < -0.3 is 30.6 Å². The zero-order valence-electron chi connectivity index (χ0n) is 19.2. The van der Waals surface area contributed by atoms with Gasteiger partial charge in [-0.1, -0.05) is 34.6 Å². The molecule has 12 heteroatoms. The molecule has 0 aliphatic carbocycles. The number of hydrogen-bond acceptors (Lipinski definition) is 6. The normalized spacial score (nSPS) is 15.1. The third-order valence-corrected chi connectivity index (χ3v) is 5.06. The van der Waals surface area contributed by atoms with Crippen LogP contribution in [-0.2, 0) is 28.8 Å². The fourth-order valence-corrected chi connectivity index (χ4v) is 1.76. The predicted octanol–water partition coefficient (Wildman–Crippen LogP) is 2.06. The second-order valence-corrected chi connectivity index (χ2v) is 8.13. The van der Waals surface area contributed by atoms with Gasteiger partial charge in [0.1, 0.15) is 0 Å². The van der Waals surface area contributed by atoms with Gasteiger partial charge in [-0.2, -0.15) is 0 Å². The molecule has 0 aliphatic rings. The molecule has 0 amide bonds. The van der Waals surface area contributed by atoms with Crippen LogP contribution in [0, 0.1) is 35.0 Å². The summed E-state index contributed by atoms with van der Waals surface area (Å²) in [5, 5.41) is 50.5. The standard InChI is InChI=1S/C8H14O4.2C6H10O4/c1-4(5(2)7(9)10)6(3)8(11)12;1-6(2,5(9)10)3-4(7)8;1-3(5(7)8)4(2)6(9)10/h4-6H,1-3H3,(H,9,10)(H,11,12);3H2,1-2H3,(H,7,8)(H,9,10);3-4H,1-2H3,(H,7,8)(H,9,10). The van der Waals surface area contributed by atoms with E-state index in [1.165, 1.54) is 41.5 Å². The molecule has 0 aromatic carbocycles. The quantitative estimate of drug-likeness (QED) is 0.272. The van der Waals surface area contributed by atoms with E-state index < -0.39 is 64.9 Å². The largest absolute Gasteiger partial charge is 0.481 e. The molecule has 0 saturated heterocycles. The number of hydrogen-bond donors (Lipinski definition) is 6. The molecule has 32 heavy (non-hydrogen) atoms. The summed E-state index contributed by atoms with van der Waals surface area (Å²) in [4.78, 5) is 61.7. The summed E-state index contributed by atoms with van der Waals surface area (Å²) in [6, 6.07) is 0. The van der Waals surface area contributed by atoms with E-state index in [0.29, 0.717) is 0 Å². The van der Waals surface area contributed by atoms with Gasteiger partial charge in [0, 0.05) is 0 Å². The van der Waals surface area contributed by atoms with Crippen LogP contribution in [0.5, 0.6) is 0 Å². The van der Waals surface area contributed by atoms with Gasteiger partial charge in [0.2, 0.25) is 0 Å². The first-order valence-corrected chi connectivity index (χ1v) is 9.56. The van der Waals surface area contributed by atoms with E-state index >= 15 is 0 Å². The van der Waals surface area contributed by atoms with Crippen LogP contribution in [0.1, 0.15) is 54.9 Å². The SMILES string of the molecule is CC(C(=O)O)C(C)C(=O)O.CC(C(=O)O)C(C)C(C)C(=O)O.CC(C)(CC(=O)O)C(=O)O. The molecule has 186 valence electrons. The monoisotopic (exact) mass is 466 g/mol. The average molecular weight is 466 g/mol. The van der Waals surface area contributed by atoms with Gasteiger partial charge in [0.25, 0.3) is 0 Å². The Balaban J connectivity index is -0.000000397. The second-order valence-electron chi connectivity index (χ2n) is 8.13. The molecule has 0 rings (SSSR count). The second kappa shape index (κ2) is 14.8. The predicted molar refractivity (Wildman–Crippen MR) is 110 cm³/mol. The van der Waals surface area contributed by atoms with Gasteiger partial charge in [-0.3, -0.25) is 28.8 Å². The molecule has 0 heterocycles. The minimum absolute atomic E-state index is 0.345. The van der Waals surface area contributed by atoms with E-state index in [9.17, 15) is 28.8 Å². The molecule has 0 spiro atoms. The maximum Gasteiger partial charge on any atom is 0.309 e. The Morgan fingerprint density at radius 1 is 0.562 bits per heavy atom. The van der Waals surface area contributed by atoms with Crippen molar-refractivity contribution in [2.45, 2.75) is 54.9 Å². The van der Waals surface area contributed by atoms with Gasteiger partial charge in [0.15, 0.2) is 0 Å². The summed E-state index contributed by atoms with van der Waals surface area (Å²) >= 11 is 0. The number of rotatable bonds is 10. The van der Waals surface area contributed by atoms with Crippen LogP contribution < -0.4 is 0 Å². The Morgan fingerprint density at radius 2 is 0.812 bits per heavy atom. The summed E-state index contributed by atoms with van der Waals surface area (Å²) in [7, 11) is 0. The Hall–Kier alpha value is -3.18. The molecule has 0 bridgehead atoms. The van der Waals surface area contributed by atoms with Crippen molar-refractivity contribution in [2.24, 2.45) is 35.0 Å². The van der Waals surface area contributed by atoms with Crippen LogP contribution in [-0.4, -0.2) is 66.5 Å². The summed E-state index contributed by atoms with van der Waals surface area (Å²) in [5.74, 6) is -9.44. The molecule has 4 unspecified atom stereocenters. The topological polar surface area (TPSA) is 224 Å². The fourth-order valence-electron chi connectivity index (χ4n) is 1.76. The molecule has 12 nitrogen and oxygen atoms in total. The molecule has 0 aromatic rings. The van der Waals surface area contributed by atoms with Gasteiger partial charge in [-0.15, -0.1) is 0 Å². The Kier molecular flexibility index (Phi) is 15.4. The summed E-state index contributed by atoms with van der Waals surface area (Å²) in [6.07, 6.45) is -0.345. The van der Waals surface area contributed by atoms with Crippen molar-refractivity contribution in [1.29, 1.82) is 0 Å². The molecule has 6 N–H and O–H groups in total. The Bertz CT molecular complexity index is 644. The van der Waals surface area contributed by atoms with E-state index in [2.05, 4.69) is 0 Å².